The van der Waals surface area contributed by atoms with Crippen molar-refractivity contribution in [1.82, 2.24) is 10.2 Å². The van der Waals surface area contributed by atoms with Crippen LogP contribution in [-0.4, -0.2) is 53.3 Å². The summed E-state index contributed by atoms with van der Waals surface area (Å²) in [4.78, 5) is 25.8. The van der Waals surface area contributed by atoms with E-state index in [1.54, 1.807) is 4.90 Å². The smallest absolute Gasteiger partial charge is 0.317 e. The summed E-state index contributed by atoms with van der Waals surface area (Å²) in [6.45, 7) is 0.945. The lowest BCUT2D eigenvalue weighted by molar-refractivity contribution is -0.149. The maximum atomic E-state index is 12.4. The van der Waals surface area contributed by atoms with Gasteiger partial charge >= 0.3 is 12.0 Å². The van der Waals surface area contributed by atoms with Crippen molar-refractivity contribution >= 4 is 12.0 Å². The van der Waals surface area contributed by atoms with Crippen molar-refractivity contribution in [2.45, 2.75) is 56.8 Å². The average Bonchev–Trinajstić information content (AvgIpc) is 3.17. The third-order valence-corrected chi connectivity index (χ3v) is 6.00. The summed E-state index contributed by atoms with van der Waals surface area (Å²) in [6.07, 6.45) is 6.09. The summed E-state index contributed by atoms with van der Waals surface area (Å²) in [7, 11) is 0. The Morgan fingerprint density at radius 2 is 2.14 bits per heavy atom. The first-order chi connectivity index (χ1) is 10.1. The Balaban J connectivity index is 1.41. The Bertz CT molecular complexity index is 482. The van der Waals surface area contributed by atoms with Crippen LogP contribution in [0, 0.1) is 11.3 Å². The fourth-order valence-electron chi connectivity index (χ4n) is 4.83. The molecule has 4 fully saturated rings. The zero-order valence-electron chi connectivity index (χ0n) is 12.1. The molecule has 3 aliphatic heterocycles. The highest BCUT2D eigenvalue weighted by Gasteiger charge is 2.56. The molecule has 0 aromatic heterocycles. The molecule has 6 nitrogen and oxygen atoms in total. The van der Waals surface area contributed by atoms with Crippen LogP contribution in [0.4, 0.5) is 4.79 Å². The largest absolute Gasteiger partial charge is 0.481 e. The number of hydrogen-bond donors (Lipinski definition) is 2. The number of likely N-dealkylation sites (tertiary alicyclic amines) is 1. The molecule has 0 aromatic carbocycles. The summed E-state index contributed by atoms with van der Waals surface area (Å²) >= 11 is 0. The van der Waals surface area contributed by atoms with Crippen LogP contribution >= 0.6 is 0 Å². The van der Waals surface area contributed by atoms with Gasteiger partial charge in [-0.15, -0.1) is 0 Å². The highest BCUT2D eigenvalue weighted by Crippen LogP contribution is 2.49. The van der Waals surface area contributed by atoms with Crippen LogP contribution in [0.15, 0.2) is 0 Å². The topological polar surface area (TPSA) is 78.9 Å². The van der Waals surface area contributed by atoms with Crippen LogP contribution in [0.3, 0.4) is 0 Å². The maximum Gasteiger partial charge on any atom is 0.317 e. The molecule has 21 heavy (non-hydrogen) atoms. The van der Waals surface area contributed by atoms with Crippen molar-refractivity contribution in [2.75, 3.05) is 13.1 Å². The van der Waals surface area contributed by atoms with Crippen molar-refractivity contribution in [3.8, 4) is 0 Å². The summed E-state index contributed by atoms with van der Waals surface area (Å²) < 4.78 is 5.75. The SMILES string of the molecule is O=C(NC1CC2CCC1O2)N1C[C@@H]2CCC[C@@]2(C(=O)O)C1. The van der Waals surface area contributed by atoms with Gasteiger partial charge in [0.25, 0.3) is 0 Å². The molecule has 2 amide bonds. The van der Waals surface area contributed by atoms with E-state index in [0.29, 0.717) is 25.6 Å². The molecule has 3 heterocycles. The van der Waals surface area contributed by atoms with Crippen molar-refractivity contribution in [3.63, 3.8) is 0 Å². The lowest BCUT2D eigenvalue weighted by Crippen LogP contribution is -2.48. The second-order valence-corrected chi connectivity index (χ2v) is 7.10. The molecule has 6 heteroatoms. The van der Waals surface area contributed by atoms with Crippen LogP contribution in [0.1, 0.15) is 38.5 Å². The van der Waals surface area contributed by atoms with Crippen molar-refractivity contribution in [2.24, 2.45) is 11.3 Å². The number of fused-ring (bicyclic) bond motifs is 3. The lowest BCUT2D eigenvalue weighted by atomic mass is 9.81. The molecule has 2 N–H and O–H groups in total. The predicted molar refractivity (Wildman–Crippen MR) is 73.8 cm³/mol. The van der Waals surface area contributed by atoms with Crippen LogP contribution in [-0.2, 0) is 9.53 Å². The summed E-state index contributed by atoms with van der Waals surface area (Å²) in [5, 5.41) is 12.6. The lowest BCUT2D eigenvalue weighted by Gasteiger charge is -2.26. The van der Waals surface area contributed by atoms with E-state index in [2.05, 4.69) is 5.32 Å². The van der Waals surface area contributed by atoms with Crippen molar-refractivity contribution in [3.05, 3.63) is 0 Å². The summed E-state index contributed by atoms with van der Waals surface area (Å²) in [5.74, 6) is -0.611. The first-order valence-electron chi connectivity index (χ1n) is 8.03. The van der Waals surface area contributed by atoms with Gasteiger partial charge in [0, 0.05) is 13.1 Å². The Kier molecular flexibility index (Phi) is 2.93. The molecule has 2 bridgehead atoms. The molecule has 0 spiro atoms. The number of aliphatic carboxylic acids is 1. The summed E-state index contributed by atoms with van der Waals surface area (Å²) in [6, 6.07) is 0.00337. The van der Waals surface area contributed by atoms with Crippen LogP contribution in [0.2, 0.25) is 0 Å². The average molecular weight is 294 g/mol. The molecular formula is C15H22N2O4. The second-order valence-electron chi connectivity index (χ2n) is 7.10. The number of urea groups is 1. The molecule has 116 valence electrons. The number of rotatable bonds is 2. The predicted octanol–water partition coefficient (Wildman–Crippen LogP) is 1.20. The van der Waals surface area contributed by atoms with Gasteiger partial charge in [0.05, 0.1) is 23.7 Å². The van der Waals surface area contributed by atoms with Gasteiger partial charge in [-0.25, -0.2) is 4.79 Å². The molecule has 4 rings (SSSR count). The monoisotopic (exact) mass is 294 g/mol. The van der Waals surface area contributed by atoms with Crippen molar-refractivity contribution < 1.29 is 19.4 Å². The molecule has 4 aliphatic rings. The van der Waals surface area contributed by atoms with Gasteiger partial charge < -0.3 is 20.1 Å². The van der Waals surface area contributed by atoms with Gasteiger partial charge in [-0.05, 0) is 38.0 Å². The van der Waals surface area contributed by atoms with E-state index in [-0.39, 0.29) is 24.1 Å². The molecule has 3 unspecified atom stereocenters. The number of nitrogens with zero attached hydrogens (tertiary/aromatic N) is 1. The number of amides is 2. The van der Waals surface area contributed by atoms with Gasteiger partial charge in [0.1, 0.15) is 0 Å². The fourth-order valence-corrected chi connectivity index (χ4v) is 4.83. The summed E-state index contributed by atoms with van der Waals surface area (Å²) in [5.41, 5.74) is -0.692. The van der Waals surface area contributed by atoms with Crippen molar-refractivity contribution in [1.29, 1.82) is 0 Å². The Morgan fingerprint density at radius 3 is 2.76 bits per heavy atom. The highest BCUT2D eigenvalue weighted by atomic mass is 16.5. The minimum atomic E-state index is -0.733. The van der Waals surface area contributed by atoms with Crippen LogP contribution in [0.25, 0.3) is 0 Å². The van der Waals surface area contributed by atoms with Gasteiger partial charge in [-0.2, -0.15) is 0 Å². The number of ether oxygens (including phenoxy) is 1. The highest BCUT2D eigenvalue weighted by molar-refractivity contribution is 5.80. The standard InChI is InChI=1S/C15H22N2O4/c18-13(19)15-5-1-2-9(15)7-17(8-15)14(20)16-11-6-10-3-4-12(11)21-10/h9-12H,1-8H2,(H,16,20)(H,18,19)/t9-,10?,11?,12?,15+/m0/s1. The minimum absolute atomic E-state index is 0.105. The van der Waals surface area contributed by atoms with Crippen LogP contribution < -0.4 is 5.32 Å². The van der Waals surface area contributed by atoms with E-state index in [1.165, 1.54) is 0 Å². The number of carboxylic acids is 1. The molecular weight excluding hydrogens is 272 g/mol. The van der Waals surface area contributed by atoms with E-state index in [9.17, 15) is 14.7 Å². The maximum absolute atomic E-state index is 12.4. The van der Waals surface area contributed by atoms with E-state index in [1.807, 2.05) is 0 Å². The third-order valence-electron chi connectivity index (χ3n) is 6.00. The normalized spacial score (nSPS) is 44.1. The van der Waals surface area contributed by atoms with E-state index < -0.39 is 11.4 Å². The molecule has 1 aliphatic carbocycles. The van der Waals surface area contributed by atoms with Crippen LogP contribution in [0.5, 0.6) is 0 Å². The third kappa shape index (κ3) is 1.95. The van der Waals surface area contributed by atoms with E-state index in [4.69, 9.17) is 4.74 Å². The number of carboxylic acid groups (broad SMARTS) is 1. The fraction of sp³-hybridized carbons (Fsp3) is 0.867. The quantitative estimate of drug-likeness (QED) is 0.802. The number of carbonyl (C=O) groups excluding carboxylic acids is 1. The Labute approximate surface area is 123 Å². The Morgan fingerprint density at radius 1 is 1.29 bits per heavy atom. The molecule has 5 atom stereocenters. The number of carbonyl (C=O) groups is 2. The second kappa shape index (κ2) is 4.60. The molecule has 1 saturated carbocycles. The Hall–Kier alpha value is -1.30. The first kappa shape index (κ1) is 13.4. The number of hydrogen-bond acceptors (Lipinski definition) is 3. The molecule has 0 aromatic rings. The zero-order chi connectivity index (χ0) is 14.6. The van der Waals surface area contributed by atoms with Gasteiger partial charge in [-0.1, -0.05) is 6.42 Å². The zero-order valence-corrected chi connectivity index (χ0v) is 12.1. The van der Waals surface area contributed by atoms with Gasteiger partial charge in [0.15, 0.2) is 0 Å². The number of nitrogens with one attached hydrogen (secondary N) is 1. The first-order valence-corrected chi connectivity index (χ1v) is 8.03. The van der Waals surface area contributed by atoms with Gasteiger partial charge in [-0.3, -0.25) is 4.79 Å². The van der Waals surface area contributed by atoms with E-state index in [0.717, 1.165) is 32.1 Å². The molecule has 3 saturated heterocycles. The molecule has 0 radical (unpaired) electrons. The van der Waals surface area contributed by atoms with E-state index >= 15 is 0 Å². The van der Waals surface area contributed by atoms with Gasteiger partial charge in [0.2, 0.25) is 0 Å². The minimum Gasteiger partial charge on any atom is -0.481 e.